The molecule has 0 bridgehead atoms. The number of morpholine rings is 1. The number of hydrogen-bond acceptors (Lipinski definition) is 9. The van der Waals surface area contributed by atoms with Gasteiger partial charge in [-0.25, -0.2) is 18.2 Å². The van der Waals surface area contributed by atoms with Crippen LogP contribution in [-0.4, -0.2) is 79.7 Å². The summed E-state index contributed by atoms with van der Waals surface area (Å²) in [6, 6.07) is 6.45. The summed E-state index contributed by atoms with van der Waals surface area (Å²) in [7, 11) is -2.16. The fraction of sp³-hybridized carbons (Fsp3) is 0.476. The molecule has 0 radical (unpaired) electrons. The molecule has 1 aromatic carbocycles. The maximum Gasteiger partial charge on any atom is 0.419 e. The van der Waals surface area contributed by atoms with Gasteiger partial charge in [0.25, 0.3) is 0 Å². The van der Waals surface area contributed by atoms with Crippen LogP contribution in [0.25, 0.3) is 11.1 Å². The topological polar surface area (TPSA) is 114 Å². The summed E-state index contributed by atoms with van der Waals surface area (Å²) in [6.07, 6.45) is 0. The Hall–Kier alpha value is -2.96. The highest BCUT2D eigenvalue weighted by Gasteiger charge is 2.30. The molecule has 3 aromatic rings. The summed E-state index contributed by atoms with van der Waals surface area (Å²) in [6.45, 7) is 6.46. The Morgan fingerprint density at radius 2 is 1.67 bits per heavy atom. The van der Waals surface area contributed by atoms with Crippen LogP contribution >= 0.6 is 0 Å². The summed E-state index contributed by atoms with van der Waals surface area (Å²) in [5.74, 6) is 0.959. The van der Waals surface area contributed by atoms with Crippen molar-refractivity contribution in [3.8, 4) is 0 Å². The van der Waals surface area contributed by atoms with Crippen LogP contribution in [0.3, 0.4) is 0 Å². The molecule has 12 heteroatoms. The Kier molecular flexibility index (Phi) is 5.59. The molecular formula is C21H26N6O5S. The van der Waals surface area contributed by atoms with Crippen molar-refractivity contribution in [3.05, 3.63) is 40.5 Å². The number of fused-ring (bicyclic) bond motifs is 1. The molecule has 0 N–H and O–H groups in total. The van der Waals surface area contributed by atoms with Crippen LogP contribution in [0, 0.1) is 6.92 Å². The molecule has 2 fully saturated rings. The fourth-order valence-electron chi connectivity index (χ4n) is 4.18. The van der Waals surface area contributed by atoms with Gasteiger partial charge in [0.15, 0.2) is 5.58 Å². The molecule has 2 aromatic heterocycles. The Morgan fingerprint density at radius 3 is 2.39 bits per heavy atom. The van der Waals surface area contributed by atoms with Crippen LogP contribution in [0.2, 0.25) is 0 Å². The standard InChI is InChI=1S/C21H26N6O5S/c1-15-13-19(25-9-11-31-12-10-25)23-20(22-15)26-5-7-27(8-6-26)33(29,30)16-3-4-18-17(14-16)24(2)21(28)32-18/h3-4,13-14H,5-12H2,1-2H3. The third-order valence-corrected chi connectivity index (χ3v) is 7.98. The highest BCUT2D eigenvalue weighted by molar-refractivity contribution is 7.89. The Labute approximate surface area is 191 Å². The van der Waals surface area contributed by atoms with Crippen molar-refractivity contribution in [1.82, 2.24) is 18.8 Å². The second kappa shape index (κ2) is 8.43. The van der Waals surface area contributed by atoms with E-state index >= 15 is 0 Å². The minimum atomic E-state index is -3.71. The van der Waals surface area contributed by atoms with Gasteiger partial charge in [0.05, 0.1) is 23.6 Å². The van der Waals surface area contributed by atoms with Crippen LogP contribution in [0.5, 0.6) is 0 Å². The second-order valence-electron chi connectivity index (χ2n) is 8.21. The molecule has 2 aliphatic heterocycles. The van der Waals surface area contributed by atoms with Crippen LogP contribution in [0.4, 0.5) is 11.8 Å². The quantitative estimate of drug-likeness (QED) is 0.536. The number of sulfonamides is 1. The molecule has 2 saturated heterocycles. The smallest absolute Gasteiger partial charge is 0.408 e. The summed E-state index contributed by atoms with van der Waals surface area (Å²) >= 11 is 0. The van der Waals surface area contributed by atoms with Crippen LogP contribution in [-0.2, 0) is 21.8 Å². The van der Waals surface area contributed by atoms with Crippen molar-refractivity contribution in [2.24, 2.45) is 7.05 Å². The number of aryl methyl sites for hydroxylation is 2. The van der Waals surface area contributed by atoms with Crippen LogP contribution in [0.15, 0.2) is 38.4 Å². The first kappa shape index (κ1) is 21.9. The van der Waals surface area contributed by atoms with Crippen molar-refractivity contribution in [2.75, 3.05) is 62.3 Å². The summed E-state index contributed by atoms with van der Waals surface area (Å²) in [5.41, 5.74) is 1.68. The third kappa shape index (κ3) is 4.09. The molecule has 0 amide bonds. The molecule has 4 heterocycles. The van der Waals surface area contributed by atoms with Gasteiger partial charge in [-0.15, -0.1) is 0 Å². The molecule has 0 atom stereocenters. The molecule has 5 rings (SSSR count). The van der Waals surface area contributed by atoms with Gasteiger partial charge in [-0.2, -0.15) is 9.29 Å². The number of aromatic nitrogens is 3. The number of oxazole rings is 1. The van der Waals surface area contributed by atoms with E-state index in [1.54, 1.807) is 7.05 Å². The van der Waals surface area contributed by atoms with Gasteiger partial charge in [-0.05, 0) is 25.1 Å². The van der Waals surface area contributed by atoms with Crippen molar-refractivity contribution >= 4 is 32.9 Å². The SMILES string of the molecule is Cc1cc(N2CCOCC2)nc(N2CCN(S(=O)(=O)c3ccc4oc(=O)n(C)c4c3)CC2)n1. The van der Waals surface area contributed by atoms with E-state index < -0.39 is 15.8 Å². The first-order chi connectivity index (χ1) is 15.8. The lowest BCUT2D eigenvalue weighted by atomic mass is 10.3. The molecule has 0 spiro atoms. The van der Waals surface area contributed by atoms with E-state index in [4.69, 9.17) is 14.1 Å². The lowest BCUT2D eigenvalue weighted by Crippen LogP contribution is -2.49. The predicted octanol–water partition coefficient (Wildman–Crippen LogP) is 0.577. The van der Waals surface area contributed by atoms with E-state index in [9.17, 15) is 13.2 Å². The van der Waals surface area contributed by atoms with Crippen molar-refractivity contribution < 1.29 is 17.6 Å². The van der Waals surface area contributed by atoms with Crippen molar-refractivity contribution in [3.63, 3.8) is 0 Å². The summed E-state index contributed by atoms with van der Waals surface area (Å²) in [5, 5.41) is 0. The van der Waals surface area contributed by atoms with Gasteiger partial charge in [-0.3, -0.25) is 4.57 Å². The van der Waals surface area contributed by atoms with Gasteiger partial charge in [0, 0.05) is 58.1 Å². The van der Waals surface area contributed by atoms with E-state index in [1.165, 1.54) is 27.1 Å². The molecule has 0 saturated carbocycles. The maximum atomic E-state index is 13.2. The molecule has 2 aliphatic rings. The Morgan fingerprint density at radius 1 is 0.939 bits per heavy atom. The highest BCUT2D eigenvalue weighted by atomic mass is 32.2. The fourth-order valence-corrected chi connectivity index (χ4v) is 5.62. The molecular weight excluding hydrogens is 448 g/mol. The van der Waals surface area contributed by atoms with E-state index in [2.05, 4.69) is 9.88 Å². The number of piperazine rings is 1. The zero-order valence-corrected chi connectivity index (χ0v) is 19.4. The molecule has 176 valence electrons. The Balaban J connectivity index is 1.33. The normalized spacial score (nSPS) is 18.2. The third-order valence-electron chi connectivity index (χ3n) is 6.09. The second-order valence-corrected chi connectivity index (χ2v) is 10.2. The lowest BCUT2D eigenvalue weighted by Gasteiger charge is -2.35. The van der Waals surface area contributed by atoms with Gasteiger partial charge >= 0.3 is 5.76 Å². The number of rotatable bonds is 4. The first-order valence-corrected chi connectivity index (χ1v) is 12.3. The zero-order chi connectivity index (χ0) is 23.2. The van der Waals surface area contributed by atoms with Crippen LogP contribution < -0.4 is 15.6 Å². The van der Waals surface area contributed by atoms with Crippen molar-refractivity contribution in [1.29, 1.82) is 0 Å². The molecule has 0 aliphatic carbocycles. The summed E-state index contributed by atoms with van der Waals surface area (Å²) in [4.78, 5) is 25.4. The highest BCUT2D eigenvalue weighted by Crippen LogP contribution is 2.24. The predicted molar refractivity (Wildman–Crippen MR) is 122 cm³/mol. The molecule has 33 heavy (non-hydrogen) atoms. The van der Waals surface area contributed by atoms with Gasteiger partial charge in [0.1, 0.15) is 5.82 Å². The van der Waals surface area contributed by atoms with Gasteiger partial charge in [-0.1, -0.05) is 0 Å². The van der Waals surface area contributed by atoms with Gasteiger partial charge < -0.3 is 19.0 Å². The average Bonchev–Trinajstić information content (AvgIpc) is 3.12. The van der Waals surface area contributed by atoms with E-state index in [0.717, 1.165) is 24.6 Å². The van der Waals surface area contributed by atoms with E-state index in [0.29, 0.717) is 56.4 Å². The minimum absolute atomic E-state index is 0.140. The van der Waals surface area contributed by atoms with E-state index in [-0.39, 0.29) is 4.90 Å². The number of ether oxygens (including phenoxy) is 1. The zero-order valence-electron chi connectivity index (χ0n) is 18.6. The molecule has 11 nitrogen and oxygen atoms in total. The summed E-state index contributed by atoms with van der Waals surface area (Å²) < 4.78 is 39.8. The monoisotopic (exact) mass is 474 g/mol. The average molecular weight is 475 g/mol. The first-order valence-electron chi connectivity index (χ1n) is 10.9. The number of hydrogen-bond donors (Lipinski definition) is 0. The number of benzene rings is 1. The van der Waals surface area contributed by atoms with Crippen molar-refractivity contribution in [2.45, 2.75) is 11.8 Å². The van der Waals surface area contributed by atoms with Crippen LogP contribution in [0.1, 0.15) is 5.69 Å². The van der Waals surface area contributed by atoms with Gasteiger partial charge in [0.2, 0.25) is 16.0 Å². The minimum Gasteiger partial charge on any atom is -0.408 e. The van der Waals surface area contributed by atoms with E-state index in [1.807, 2.05) is 17.9 Å². The lowest BCUT2D eigenvalue weighted by molar-refractivity contribution is 0.122. The Bertz CT molecular complexity index is 1340. The number of anilines is 2. The largest absolute Gasteiger partial charge is 0.419 e. The molecule has 0 unspecified atom stereocenters. The maximum absolute atomic E-state index is 13.2. The number of nitrogens with zero attached hydrogens (tertiary/aromatic N) is 6.